The molecule has 0 saturated carbocycles. The molecule has 0 N–H and O–H groups in total. The monoisotopic (exact) mass is 374 g/mol. The van der Waals surface area contributed by atoms with Gasteiger partial charge in [0, 0.05) is 31.1 Å². The normalized spacial score (nSPS) is 17.3. The highest BCUT2D eigenvalue weighted by atomic mass is 35.5. The number of benzene rings is 1. The van der Waals surface area contributed by atoms with Gasteiger partial charge in [0.15, 0.2) is 0 Å². The van der Waals surface area contributed by atoms with Crippen LogP contribution in [-0.2, 0) is 16.1 Å². The molecule has 0 radical (unpaired) electrons. The highest BCUT2D eigenvalue weighted by Crippen LogP contribution is 2.21. The van der Waals surface area contributed by atoms with Gasteiger partial charge < -0.3 is 9.80 Å². The Morgan fingerprint density at radius 2 is 1.92 bits per heavy atom. The van der Waals surface area contributed by atoms with Crippen LogP contribution < -0.4 is 0 Å². The van der Waals surface area contributed by atoms with Crippen molar-refractivity contribution >= 4 is 23.4 Å². The van der Waals surface area contributed by atoms with Gasteiger partial charge in [-0.2, -0.15) is 0 Å². The van der Waals surface area contributed by atoms with Gasteiger partial charge in [0.05, 0.1) is 6.54 Å². The maximum absolute atomic E-state index is 12.9. The summed E-state index contributed by atoms with van der Waals surface area (Å²) in [6.07, 6.45) is 9.50. The Labute approximate surface area is 160 Å². The van der Waals surface area contributed by atoms with E-state index in [-0.39, 0.29) is 18.4 Å². The Kier molecular flexibility index (Phi) is 6.73. The molecule has 0 bridgehead atoms. The SMILES string of the molecule is O=C1CCCN1CC(=O)N(CCC1=CCCCC1)Cc1ccc(Cl)cc1. The molecule has 1 aliphatic heterocycles. The second-order valence-corrected chi connectivity index (χ2v) is 7.66. The first-order chi connectivity index (χ1) is 12.6. The van der Waals surface area contributed by atoms with Crippen molar-refractivity contribution in [3.63, 3.8) is 0 Å². The average molecular weight is 375 g/mol. The third-order valence-corrected chi connectivity index (χ3v) is 5.48. The molecule has 26 heavy (non-hydrogen) atoms. The average Bonchev–Trinajstić information content (AvgIpc) is 3.05. The van der Waals surface area contributed by atoms with Crippen molar-refractivity contribution in [1.29, 1.82) is 0 Å². The first-order valence-electron chi connectivity index (χ1n) is 9.60. The van der Waals surface area contributed by atoms with Crippen molar-refractivity contribution in [2.45, 2.75) is 51.5 Å². The Morgan fingerprint density at radius 1 is 1.12 bits per heavy atom. The van der Waals surface area contributed by atoms with E-state index in [9.17, 15) is 9.59 Å². The topological polar surface area (TPSA) is 40.6 Å². The zero-order chi connectivity index (χ0) is 18.4. The van der Waals surface area contributed by atoms with Crippen molar-refractivity contribution in [2.24, 2.45) is 0 Å². The van der Waals surface area contributed by atoms with Crippen LogP contribution in [0.15, 0.2) is 35.9 Å². The zero-order valence-electron chi connectivity index (χ0n) is 15.3. The van der Waals surface area contributed by atoms with Crippen LogP contribution in [0.5, 0.6) is 0 Å². The van der Waals surface area contributed by atoms with E-state index in [2.05, 4.69) is 6.08 Å². The Hall–Kier alpha value is -1.81. The Morgan fingerprint density at radius 3 is 2.58 bits per heavy atom. The molecule has 140 valence electrons. The Balaban J connectivity index is 1.64. The summed E-state index contributed by atoms with van der Waals surface area (Å²) < 4.78 is 0. The molecule has 5 heteroatoms. The van der Waals surface area contributed by atoms with Crippen LogP contribution in [0.4, 0.5) is 0 Å². The van der Waals surface area contributed by atoms with E-state index in [1.54, 1.807) is 4.90 Å². The fourth-order valence-corrected chi connectivity index (χ4v) is 3.77. The number of carbonyl (C=O) groups is 2. The number of hydrogen-bond acceptors (Lipinski definition) is 2. The minimum absolute atomic E-state index is 0.0339. The van der Waals surface area contributed by atoms with Gasteiger partial charge in [0.2, 0.25) is 11.8 Å². The van der Waals surface area contributed by atoms with E-state index >= 15 is 0 Å². The Bertz CT molecular complexity index is 669. The molecule has 1 aliphatic carbocycles. The van der Waals surface area contributed by atoms with Gasteiger partial charge in [0.25, 0.3) is 0 Å². The standard InChI is InChI=1S/C21H27ClN2O2/c22-19-10-8-18(9-11-19)15-24(14-12-17-5-2-1-3-6-17)21(26)16-23-13-4-7-20(23)25/h5,8-11H,1-4,6-7,12-16H2. The lowest BCUT2D eigenvalue weighted by molar-refractivity contribution is -0.138. The summed E-state index contributed by atoms with van der Waals surface area (Å²) in [5.41, 5.74) is 2.52. The van der Waals surface area contributed by atoms with Crippen LogP contribution in [0.1, 0.15) is 50.5 Å². The quantitative estimate of drug-likeness (QED) is 0.671. The van der Waals surface area contributed by atoms with Crippen molar-refractivity contribution in [1.82, 2.24) is 9.80 Å². The summed E-state index contributed by atoms with van der Waals surface area (Å²) in [6.45, 7) is 2.16. The van der Waals surface area contributed by atoms with Crippen molar-refractivity contribution < 1.29 is 9.59 Å². The number of rotatable bonds is 7. The summed E-state index contributed by atoms with van der Waals surface area (Å²) in [5.74, 6) is 0.131. The minimum atomic E-state index is 0.0339. The predicted molar refractivity (Wildman–Crippen MR) is 104 cm³/mol. The van der Waals surface area contributed by atoms with Crippen LogP contribution >= 0.6 is 11.6 Å². The van der Waals surface area contributed by atoms with Crippen LogP contribution in [0.2, 0.25) is 5.02 Å². The molecule has 1 fully saturated rings. The van der Waals surface area contributed by atoms with E-state index in [1.165, 1.54) is 18.4 Å². The molecule has 1 saturated heterocycles. The summed E-state index contributed by atoms with van der Waals surface area (Å²) in [6, 6.07) is 7.63. The lowest BCUT2D eigenvalue weighted by atomic mass is 9.97. The lowest BCUT2D eigenvalue weighted by Gasteiger charge is -2.26. The second kappa shape index (κ2) is 9.22. The molecule has 2 aliphatic rings. The first kappa shape index (κ1) is 19.0. The summed E-state index contributed by atoms with van der Waals surface area (Å²) in [4.78, 5) is 28.3. The molecule has 2 amide bonds. The molecule has 4 nitrogen and oxygen atoms in total. The van der Waals surface area contributed by atoms with Crippen molar-refractivity contribution in [3.8, 4) is 0 Å². The van der Waals surface area contributed by atoms with Crippen LogP contribution in [0, 0.1) is 0 Å². The lowest BCUT2D eigenvalue weighted by Crippen LogP contribution is -2.41. The van der Waals surface area contributed by atoms with Gasteiger partial charge >= 0.3 is 0 Å². The van der Waals surface area contributed by atoms with Gasteiger partial charge in [-0.05, 0) is 56.2 Å². The van der Waals surface area contributed by atoms with Gasteiger partial charge in [-0.3, -0.25) is 9.59 Å². The van der Waals surface area contributed by atoms with Crippen LogP contribution in [0.25, 0.3) is 0 Å². The molecular weight excluding hydrogens is 348 g/mol. The van der Waals surface area contributed by atoms with Gasteiger partial charge in [-0.1, -0.05) is 35.4 Å². The molecule has 0 spiro atoms. The first-order valence-corrected chi connectivity index (χ1v) is 9.97. The van der Waals surface area contributed by atoms with Gasteiger partial charge in [0.1, 0.15) is 0 Å². The molecule has 1 aromatic rings. The molecule has 1 aromatic carbocycles. The number of nitrogens with zero attached hydrogens (tertiary/aromatic N) is 2. The number of likely N-dealkylation sites (tertiary alicyclic amines) is 1. The fraction of sp³-hybridized carbons (Fsp3) is 0.524. The largest absolute Gasteiger partial charge is 0.337 e. The van der Waals surface area contributed by atoms with Gasteiger partial charge in [-0.25, -0.2) is 0 Å². The molecule has 0 atom stereocenters. The van der Waals surface area contributed by atoms with Crippen molar-refractivity contribution in [3.05, 3.63) is 46.5 Å². The molecule has 3 rings (SSSR count). The number of allylic oxidation sites excluding steroid dienone is 1. The van der Waals surface area contributed by atoms with E-state index in [1.807, 2.05) is 29.2 Å². The van der Waals surface area contributed by atoms with E-state index in [0.29, 0.717) is 31.1 Å². The summed E-state index contributed by atoms with van der Waals surface area (Å²) in [5, 5.41) is 0.696. The number of amides is 2. The number of carbonyl (C=O) groups excluding carboxylic acids is 2. The van der Waals surface area contributed by atoms with Crippen LogP contribution in [-0.4, -0.2) is 41.2 Å². The molecule has 0 unspecified atom stereocenters. The molecule has 0 aromatic heterocycles. The van der Waals surface area contributed by atoms with E-state index in [4.69, 9.17) is 11.6 Å². The molecule has 1 heterocycles. The highest BCUT2D eigenvalue weighted by molar-refractivity contribution is 6.30. The van der Waals surface area contributed by atoms with E-state index in [0.717, 1.165) is 31.2 Å². The maximum atomic E-state index is 12.9. The number of hydrogen-bond donors (Lipinski definition) is 0. The van der Waals surface area contributed by atoms with Gasteiger partial charge in [-0.15, -0.1) is 0 Å². The highest BCUT2D eigenvalue weighted by Gasteiger charge is 2.25. The smallest absolute Gasteiger partial charge is 0.242 e. The number of halogens is 1. The third-order valence-electron chi connectivity index (χ3n) is 5.22. The summed E-state index contributed by atoms with van der Waals surface area (Å²) >= 11 is 5.97. The van der Waals surface area contributed by atoms with Crippen LogP contribution in [0.3, 0.4) is 0 Å². The fourth-order valence-electron chi connectivity index (χ4n) is 3.65. The van der Waals surface area contributed by atoms with Crippen molar-refractivity contribution in [2.75, 3.05) is 19.6 Å². The minimum Gasteiger partial charge on any atom is -0.337 e. The predicted octanol–water partition coefficient (Wildman–Crippen LogP) is 4.18. The second-order valence-electron chi connectivity index (χ2n) is 7.22. The zero-order valence-corrected chi connectivity index (χ0v) is 16.0. The summed E-state index contributed by atoms with van der Waals surface area (Å²) in [7, 11) is 0. The maximum Gasteiger partial charge on any atom is 0.242 e. The molecular formula is C21H27ClN2O2. The van der Waals surface area contributed by atoms with E-state index < -0.39 is 0 Å². The third kappa shape index (κ3) is 5.34.